The second-order valence-electron chi connectivity index (χ2n) is 9.45. The van der Waals surface area contributed by atoms with Gasteiger partial charge in [-0.1, -0.05) is 23.7 Å². The molecule has 4 rings (SSSR count). The number of carbonyl (C=O) groups excluding carboxylic acids is 1. The van der Waals surface area contributed by atoms with E-state index in [0.717, 1.165) is 10.4 Å². The Balaban J connectivity index is 1.53. The fraction of sp³-hybridized carbons (Fsp3) is 0.296. The van der Waals surface area contributed by atoms with E-state index in [4.69, 9.17) is 25.8 Å². The van der Waals surface area contributed by atoms with Gasteiger partial charge in [-0.25, -0.2) is 9.78 Å². The summed E-state index contributed by atoms with van der Waals surface area (Å²) in [6.45, 7) is 7.41. The molecule has 0 fully saturated rings. The van der Waals surface area contributed by atoms with Gasteiger partial charge in [0, 0.05) is 16.0 Å². The number of benzene rings is 2. The minimum atomic E-state index is -0.583. The van der Waals surface area contributed by atoms with E-state index in [9.17, 15) is 9.59 Å². The van der Waals surface area contributed by atoms with Crippen LogP contribution in [0.5, 0.6) is 11.5 Å². The minimum Gasteiger partial charge on any atom is -0.493 e. The van der Waals surface area contributed by atoms with Crippen LogP contribution in [0.3, 0.4) is 0 Å². The molecule has 0 saturated heterocycles. The number of rotatable bonds is 7. The fourth-order valence-corrected chi connectivity index (χ4v) is 4.72. The van der Waals surface area contributed by atoms with Crippen molar-refractivity contribution in [2.45, 2.75) is 39.3 Å². The Kier molecular flexibility index (Phi) is 7.75. The van der Waals surface area contributed by atoms with Crippen LogP contribution in [-0.4, -0.2) is 41.0 Å². The van der Waals surface area contributed by atoms with Crippen molar-refractivity contribution in [2.75, 3.05) is 13.7 Å². The Labute approximate surface area is 223 Å². The lowest BCUT2D eigenvalue weighted by atomic mass is 10.2. The number of carbonyl (C=O) groups is 1. The van der Waals surface area contributed by atoms with Crippen molar-refractivity contribution < 1.29 is 19.0 Å². The number of hydrogen-bond donors (Lipinski definition) is 1. The number of alkyl carbamates (subject to hydrolysis) is 1. The molecule has 0 spiro atoms. The number of methoxy groups -OCH3 is 1. The molecule has 4 aromatic rings. The number of nitrogens with zero attached hydrogens (tertiary/aromatic N) is 2. The molecular weight excluding hydrogens is 514 g/mol. The second kappa shape index (κ2) is 10.8. The highest BCUT2D eigenvalue weighted by Gasteiger charge is 2.19. The molecule has 8 nitrogen and oxygen atoms in total. The molecule has 194 valence electrons. The van der Waals surface area contributed by atoms with E-state index in [1.165, 1.54) is 29.3 Å². The molecule has 37 heavy (non-hydrogen) atoms. The molecule has 2 aromatic carbocycles. The van der Waals surface area contributed by atoms with Crippen molar-refractivity contribution in [1.82, 2.24) is 14.9 Å². The zero-order valence-corrected chi connectivity index (χ0v) is 22.8. The maximum absolute atomic E-state index is 13.3. The number of hydrogen-bond acceptors (Lipinski definition) is 7. The summed E-state index contributed by atoms with van der Waals surface area (Å²) in [6, 6.07) is 14.3. The van der Waals surface area contributed by atoms with Gasteiger partial charge in [0.05, 0.1) is 24.4 Å². The maximum Gasteiger partial charge on any atom is 0.407 e. The Bertz CT molecular complexity index is 1470. The molecule has 1 atom stereocenters. The summed E-state index contributed by atoms with van der Waals surface area (Å²) in [5.41, 5.74) is 1.43. The third-order valence-electron chi connectivity index (χ3n) is 5.24. The van der Waals surface area contributed by atoms with Crippen molar-refractivity contribution in [3.8, 4) is 27.6 Å². The van der Waals surface area contributed by atoms with E-state index in [2.05, 4.69) is 10.3 Å². The lowest BCUT2D eigenvalue weighted by Gasteiger charge is -2.22. The van der Waals surface area contributed by atoms with Gasteiger partial charge in [0.2, 0.25) is 0 Å². The Morgan fingerprint density at radius 1 is 1.14 bits per heavy atom. The zero-order chi connectivity index (χ0) is 26.7. The lowest BCUT2D eigenvalue weighted by Crippen LogP contribution is -2.40. The number of halogens is 1. The molecule has 0 unspecified atom stereocenters. The first-order valence-electron chi connectivity index (χ1n) is 11.6. The maximum atomic E-state index is 13.3. The van der Waals surface area contributed by atoms with Gasteiger partial charge in [-0.05, 0) is 63.6 Å². The highest BCUT2D eigenvalue weighted by atomic mass is 35.5. The average molecular weight is 542 g/mol. The molecule has 0 aliphatic rings. The van der Waals surface area contributed by atoms with Gasteiger partial charge in [-0.2, -0.15) is 0 Å². The molecule has 1 N–H and O–H groups in total. The van der Waals surface area contributed by atoms with Gasteiger partial charge in [0.25, 0.3) is 5.56 Å². The summed E-state index contributed by atoms with van der Waals surface area (Å²) in [5, 5.41) is 3.39. The predicted molar refractivity (Wildman–Crippen MR) is 147 cm³/mol. The van der Waals surface area contributed by atoms with Gasteiger partial charge in [0.15, 0.2) is 11.5 Å². The number of nitrogens with one attached hydrogen (secondary N) is 1. The smallest absolute Gasteiger partial charge is 0.407 e. The van der Waals surface area contributed by atoms with Gasteiger partial charge >= 0.3 is 6.09 Å². The van der Waals surface area contributed by atoms with E-state index < -0.39 is 11.7 Å². The van der Waals surface area contributed by atoms with Crippen LogP contribution >= 0.6 is 22.9 Å². The summed E-state index contributed by atoms with van der Waals surface area (Å²) in [5.74, 6) is 0.925. The minimum absolute atomic E-state index is 0.180. The monoisotopic (exact) mass is 541 g/mol. The van der Waals surface area contributed by atoms with Crippen molar-refractivity contribution >= 4 is 39.2 Å². The normalized spacial score (nSPS) is 12.3. The van der Waals surface area contributed by atoms with Crippen LogP contribution in [0.2, 0.25) is 5.02 Å². The number of thiophene rings is 1. The lowest BCUT2D eigenvalue weighted by molar-refractivity contribution is 0.0493. The first-order chi connectivity index (χ1) is 17.5. The van der Waals surface area contributed by atoms with Gasteiger partial charge in [0.1, 0.15) is 23.2 Å². The number of aromatic nitrogens is 2. The third kappa shape index (κ3) is 6.42. The largest absolute Gasteiger partial charge is 0.493 e. The first kappa shape index (κ1) is 26.5. The molecule has 0 saturated carbocycles. The summed E-state index contributed by atoms with van der Waals surface area (Å²) >= 11 is 7.38. The van der Waals surface area contributed by atoms with Gasteiger partial charge in [-0.15, -0.1) is 11.3 Å². The SMILES string of the molecule is COc1cc(-n2cnc3cc(-c4ccc(Cl)cc4)sc3c2=O)ccc1OC[C@H](C)NC(=O)OC(C)(C)C. The third-order valence-corrected chi connectivity index (χ3v) is 6.66. The first-order valence-corrected chi connectivity index (χ1v) is 12.8. The Morgan fingerprint density at radius 2 is 1.86 bits per heavy atom. The molecule has 0 bridgehead atoms. The van der Waals surface area contributed by atoms with E-state index in [1.807, 2.05) is 37.3 Å². The molecule has 2 aromatic heterocycles. The van der Waals surface area contributed by atoms with E-state index in [1.54, 1.807) is 39.0 Å². The van der Waals surface area contributed by atoms with E-state index in [0.29, 0.717) is 32.4 Å². The highest BCUT2D eigenvalue weighted by Crippen LogP contribution is 2.33. The van der Waals surface area contributed by atoms with E-state index in [-0.39, 0.29) is 18.2 Å². The van der Waals surface area contributed by atoms with Gasteiger partial charge in [-0.3, -0.25) is 9.36 Å². The Morgan fingerprint density at radius 3 is 2.54 bits per heavy atom. The van der Waals surface area contributed by atoms with Crippen LogP contribution in [-0.2, 0) is 4.74 Å². The quantitative estimate of drug-likeness (QED) is 0.305. The van der Waals surface area contributed by atoms with Crippen LogP contribution in [0.25, 0.3) is 26.3 Å². The number of ether oxygens (including phenoxy) is 3. The van der Waals surface area contributed by atoms with Crippen LogP contribution in [0.15, 0.2) is 59.7 Å². The van der Waals surface area contributed by atoms with Crippen molar-refractivity contribution in [3.63, 3.8) is 0 Å². The molecule has 2 heterocycles. The van der Waals surface area contributed by atoms with Crippen LogP contribution in [0.4, 0.5) is 4.79 Å². The predicted octanol–water partition coefficient (Wildman–Crippen LogP) is 6.07. The number of fused-ring (bicyclic) bond motifs is 1. The second-order valence-corrected chi connectivity index (χ2v) is 10.9. The topological polar surface area (TPSA) is 91.7 Å². The Hall–Kier alpha value is -3.56. The molecule has 1 amide bonds. The standard InChI is InChI=1S/C27H28ClN3O5S/c1-16(30-26(33)36-27(2,3)4)14-35-21-11-10-19(12-22(21)34-5)31-15-29-20-13-23(37-24(20)25(31)32)17-6-8-18(28)9-7-17/h6-13,15-16H,14H2,1-5H3,(H,30,33)/t16-/m0/s1. The summed E-state index contributed by atoms with van der Waals surface area (Å²) in [6.07, 6.45) is 0.992. The van der Waals surface area contributed by atoms with Crippen molar-refractivity contribution in [3.05, 3.63) is 70.2 Å². The molecule has 0 radical (unpaired) electrons. The number of amides is 1. The van der Waals surface area contributed by atoms with Crippen molar-refractivity contribution in [1.29, 1.82) is 0 Å². The summed E-state index contributed by atoms with van der Waals surface area (Å²) < 4.78 is 18.7. The molecule has 0 aliphatic carbocycles. The molecule has 10 heteroatoms. The van der Waals surface area contributed by atoms with Crippen LogP contribution in [0, 0.1) is 0 Å². The summed E-state index contributed by atoms with van der Waals surface area (Å²) in [7, 11) is 1.52. The van der Waals surface area contributed by atoms with Gasteiger partial charge < -0.3 is 19.5 Å². The summed E-state index contributed by atoms with van der Waals surface area (Å²) in [4.78, 5) is 30.7. The fourth-order valence-electron chi connectivity index (χ4n) is 3.54. The van der Waals surface area contributed by atoms with Crippen LogP contribution in [0.1, 0.15) is 27.7 Å². The zero-order valence-electron chi connectivity index (χ0n) is 21.2. The average Bonchev–Trinajstić information content (AvgIpc) is 3.27. The molecular formula is C27H28ClN3O5S. The highest BCUT2D eigenvalue weighted by molar-refractivity contribution is 7.22. The molecule has 0 aliphatic heterocycles. The van der Waals surface area contributed by atoms with Crippen molar-refractivity contribution in [2.24, 2.45) is 0 Å². The van der Waals surface area contributed by atoms with E-state index >= 15 is 0 Å². The van der Waals surface area contributed by atoms with Crippen LogP contribution < -0.4 is 20.3 Å².